The molecule has 1 aliphatic heterocycles. The number of hydrogen-bond acceptors (Lipinski definition) is 7. The van der Waals surface area contributed by atoms with E-state index in [4.69, 9.17) is 9.47 Å². The van der Waals surface area contributed by atoms with Crippen LogP contribution < -0.4 is 9.47 Å². The second kappa shape index (κ2) is 7.75. The molecule has 1 aromatic heterocycles. The molecule has 0 aliphatic carbocycles. The minimum Gasteiger partial charge on any atom is -0.490 e. The zero-order valence-electron chi connectivity index (χ0n) is 14.2. The average molecular weight is 386 g/mol. The summed E-state index contributed by atoms with van der Waals surface area (Å²) >= 11 is 1.18. The number of fused-ring (bicyclic) bond motifs is 1. The summed E-state index contributed by atoms with van der Waals surface area (Å²) in [6.07, 6.45) is 0.802. The van der Waals surface area contributed by atoms with Gasteiger partial charge in [-0.25, -0.2) is 4.39 Å². The molecule has 27 heavy (non-hydrogen) atoms. The van der Waals surface area contributed by atoms with Crippen LogP contribution in [0.5, 0.6) is 11.5 Å². The normalized spacial score (nSPS) is 13.2. The molecule has 0 amide bonds. The summed E-state index contributed by atoms with van der Waals surface area (Å²) in [7, 11) is 0. The zero-order chi connectivity index (χ0) is 18.6. The summed E-state index contributed by atoms with van der Waals surface area (Å²) in [6.45, 7) is 1.15. The fraction of sp³-hybridized carbons (Fsp3) is 0.222. The van der Waals surface area contributed by atoms with Gasteiger partial charge < -0.3 is 9.47 Å². The zero-order valence-corrected chi connectivity index (χ0v) is 15.0. The molecule has 138 valence electrons. The van der Waals surface area contributed by atoms with E-state index >= 15 is 0 Å². The number of thioether (sulfide) groups is 1. The van der Waals surface area contributed by atoms with E-state index in [2.05, 4.69) is 15.5 Å². The summed E-state index contributed by atoms with van der Waals surface area (Å²) in [4.78, 5) is 12.6. The third kappa shape index (κ3) is 3.92. The van der Waals surface area contributed by atoms with E-state index in [0.717, 1.165) is 6.42 Å². The van der Waals surface area contributed by atoms with Gasteiger partial charge in [0.25, 0.3) is 0 Å². The van der Waals surface area contributed by atoms with Crippen LogP contribution >= 0.6 is 11.8 Å². The number of ether oxygens (including phenoxy) is 2. The molecule has 4 rings (SSSR count). The Morgan fingerprint density at radius 1 is 1.15 bits per heavy atom. The third-order valence-electron chi connectivity index (χ3n) is 3.90. The first-order valence-electron chi connectivity index (χ1n) is 8.31. The quantitative estimate of drug-likeness (QED) is 0.493. The number of rotatable bonds is 5. The predicted octanol–water partition coefficient (Wildman–Crippen LogP) is 2.94. The summed E-state index contributed by atoms with van der Waals surface area (Å²) in [5.74, 6) is 0.876. The highest BCUT2D eigenvalue weighted by atomic mass is 32.2. The minimum atomic E-state index is -0.387. The first-order valence-corrected chi connectivity index (χ1v) is 9.29. The van der Waals surface area contributed by atoms with Crippen molar-refractivity contribution in [2.24, 2.45) is 0 Å². The van der Waals surface area contributed by atoms with E-state index in [1.165, 1.54) is 28.6 Å². The molecule has 0 spiro atoms. The maximum Gasteiger partial charge on any atom is 0.214 e. The predicted molar refractivity (Wildman–Crippen MR) is 96.2 cm³/mol. The Kier molecular flexibility index (Phi) is 5.01. The van der Waals surface area contributed by atoms with Crippen LogP contribution in [-0.2, 0) is 0 Å². The number of carbonyl (C=O) groups excluding carboxylic acids is 1. The van der Waals surface area contributed by atoms with Crippen LogP contribution in [0.3, 0.4) is 0 Å². The van der Waals surface area contributed by atoms with Crippen LogP contribution in [0.1, 0.15) is 16.8 Å². The van der Waals surface area contributed by atoms with Crippen molar-refractivity contribution < 1.29 is 18.7 Å². The second-order valence-corrected chi connectivity index (χ2v) is 6.72. The highest BCUT2D eigenvalue weighted by Gasteiger charge is 2.16. The molecule has 2 heterocycles. The first kappa shape index (κ1) is 17.5. The third-order valence-corrected chi connectivity index (χ3v) is 4.81. The Hall–Kier alpha value is -2.94. The number of ketones is 1. The van der Waals surface area contributed by atoms with Crippen LogP contribution in [0, 0.1) is 5.82 Å². The van der Waals surface area contributed by atoms with E-state index in [-0.39, 0.29) is 17.4 Å². The molecule has 9 heteroatoms. The smallest absolute Gasteiger partial charge is 0.214 e. The number of carbonyl (C=O) groups is 1. The van der Waals surface area contributed by atoms with Crippen molar-refractivity contribution in [2.45, 2.75) is 11.6 Å². The summed E-state index contributed by atoms with van der Waals surface area (Å²) in [5.41, 5.74) is 1.02. The van der Waals surface area contributed by atoms with E-state index in [1.807, 2.05) is 0 Å². The topological polar surface area (TPSA) is 79.1 Å². The highest BCUT2D eigenvalue weighted by molar-refractivity contribution is 7.99. The Morgan fingerprint density at radius 3 is 2.85 bits per heavy atom. The van der Waals surface area contributed by atoms with Gasteiger partial charge in [-0.1, -0.05) is 17.8 Å². The fourth-order valence-electron chi connectivity index (χ4n) is 2.59. The molecule has 3 aromatic rings. The van der Waals surface area contributed by atoms with Crippen molar-refractivity contribution in [1.82, 2.24) is 20.2 Å². The van der Waals surface area contributed by atoms with Crippen LogP contribution in [0.15, 0.2) is 47.6 Å². The SMILES string of the molecule is O=C(CSc1nnnn1-c1cccc(F)c1)c1ccc2c(c1)OCCCO2. The van der Waals surface area contributed by atoms with Crippen LogP contribution in [0.4, 0.5) is 4.39 Å². The molecule has 0 radical (unpaired) electrons. The van der Waals surface area contributed by atoms with Gasteiger partial charge in [0.05, 0.1) is 24.7 Å². The molecule has 0 saturated carbocycles. The number of hydrogen-bond donors (Lipinski definition) is 0. The Labute approximate surface area is 158 Å². The van der Waals surface area contributed by atoms with Crippen molar-refractivity contribution >= 4 is 17.5 Å². The number of Topliss-reactive ketones (excluding diaryl/α,β-unsaturated/α-hetero) is 1. The van der Waals surface area contributed by atoms with Crippen LogP contribution in [0.25, 0.3) is 5.69 Å². The van der Waals surface area contributed by atoms with Gasteiger partial charge in [-0.3, -0.25) is 4.79 Å². The molecule has 0 bridgehead atoms. The van der Waals surface area contributed by atoms with Gasteiger partial charge in [0.15, 0.2) is 17.3 Å². The molecule has 0 atom stereocenters. The summed E-state index contributed by atoms with van der Waals surface area (Å²) in [5, 5.41) is 11.8. The van der Waals surface area contributed by atoms with E-state index in [9.17, 15) is 9.18 Å². The lowest BCUT2D eigenvalue weighted by Gasteiger charge is -2.09. The lowest BCUT2D eigenvalue weighted by atomic mass is 10.1. The van der Waals surface area contributed by atoms with Crippen molar-refractivity contribution in [2.75, 3.05) is 19.0 Å². The first-order chi connectivity index (χ1) is 13.2. The summed E-state index contributed by atoms with van der Waals surface area (Å²) < 4.78 is 26.0. The Morgan fingerprint density at radius 2 is 2.00 bits per heavy atom. The summed E-state index contributed by atoms with van der Waals surface area (Å²) in [6, 6.07) is 11.1. The molecular formula is C18H15FN4O3S. The lowest BCUT2D eigenvalue weighted by Crippen LogP contribution is -2.06. The molecule has 0 saturated heterocycles. The van der Waals surface area contributed by atoms with Crippen molar-refractivity contribution in [3.8, 4) is 17.2 Å². The van der Waals surface area contributed by atoms with Crippen molar-refractivity contribution in [3.63, 3.8) is 0 Å². The number of halogens is 1. The molecule has 2 aromatic carbocycles. The van der Waals surface area contributed by atoms with Gasteiger partial charge in [-0.05, 0) is 46.8 Å². The standard InChI is InChI=1S/C18H15FN4O3S/c19-13-3-1-4-14(10-13)23-18(20-21-22-23)27-11-15(24)12-5-6-16-17(9-12)26-8-2-7-25-16/h1,3-6,9-10H,2,7-8,11H2. The Balaban J connectivity index is 1.48. The molecule has 0 fully saturated rings. The van der Waals surface area contributed by atoms with E-state index in [0.29, 0.717) is 41.1 Å². The number of benzene rings is 2. The molecule has 1 aliphatic rings. The fourth-order valence-corrected chi connectivity index (χ4v) is 3.37. The largest absolute Gasteiger partial charge is 0.490 e. The number of nitrogens with zero attached hydrogens (tertiary/aromatic N) is 4. The minimum absolute atomic E-state index is 0.0931. The monoisotopic (exact) mass is 386 g/mol. The molecule has 0 unspecified atom stereocenters. The van der Waals surface area contributed by atoms with Gasteiger partial charge in [0, 0.05) is 12.0 Å². The molecule has 0 N–H and O–H groups in total. The van der Waals surface area contributed by atoms with Gasteiger partial charge in [0.2, 0.25) is 5.16 Å². The van der Waals surface area contributed by atoms with Crippen LogP contribution in [-0.4, -0.2) is 45.0 Å². The number of tetrazole rings is 1. The number of aromatic nitrogens is 4. The van der Waals surface area contributed by atoms with Gasteiger partial charge in [-0.2, -0.15) is 4.68 Å². The molecule has 7 nitrogen and oxygen atoms in total. The van der Waals surface area contributed by atoms with E-state index < -0.39 is 0 Å². The maximum absolute atomic E-state index is 13.4. The van der Waals surface area contributed by atoms with Crippen LogP contribution in [0.2, 0.25) is 0 Å². The lowest BCUT2D eigenvalue weighted by molar-refractivity contribution is 0.102. The van der Waals surface area contributed by atoms with E-state index in [1.54, 1.807) is 30.3 Å². The average Bonchev–Trinajstić information content (AvgIpc) is 3.02. The maximum atomic E-state index is 13.4. The van der Waals surface area contributed by atoms with Gasteiger partial charge >= 0.3 is 0 Å². The van der Waals surface area contributed by atoms with Gasteiger partial charge in [0.1, 0.15) is 5.82 Å². The highest BCUT2D eigenvalue weighted by Crippen LogP contribution is 2.31. The Bertz CT molecular complexity index is 979. The molecular weight excluding hydrogens is 371 g/mol. The van der Waals surface area contributed by atoms with Crippen molar-refractivity contribution in [3.05, 3.63) is 53.8 Å². The van der Waals surface area contributed by atoms with Gasteiger partial charge in [-0.15, -0.1) is 5.10 Å². The van der Waals surface area contributed by atoms with Crippen molar-refractivity contribution in [1.29, 1.82) is 0 Å². The second-order valence-electron chi connectivity index (χ2n) is 5.78.